The van der Waals surface area contributed by atoms with Crippen LogP contribution in [0.1, 0.15) is 26.7 Å². The highest BCUT2D eigenvalue weighted by Gasteiger charge is 2.31. The van der Waals surface area contributed by atoms with Crippen LogP contribution in [0, 0.1) is 5.41 Å². The van der Waals surface area contributed by atoms with Gasteiger partial charge in [-0.1, -0.05) is 26.5 Å². The molecule has 0 amide bonds. The summed E-state index contributed by atoms with van der Waals surface area (Å²) in [5.74, 6) is 0.884. The van der Waals surface area contributed by atoms with Gasteiger partial charge in [-0.25, -0.2) is 4.98 Å². The smallest absolute Gasteiger partial charge is 0.165 e. The van der Waals surface area contributed by atoms with Crippen molar-refractivity contribution in [3.8, 4) is 0 Å². The fraction of sp³-hybridized carbons (Fsp3) is 0.333. The molecule has 1 aromatic heterocycles. The van der Waals surface area contributed by atoms with Gasteiger partial charge in [0.2, 0.25) is 0 Å². The summed E-state index contributed by atoms with van der Waals surface area (Å²) < 4.78 is 0. The Balaban J connectivity index is 2.14. The Morgan fingerprint density at radius 2 is 2.17 bits per heavy atom. The summed E-state index contributed by atoms with van der Waals surface area (Å²) in [6.45, 7) is 8.20. The Morgan fingerprint density at radius 3 is 2.78 bits per heavy atom. The molecule has 3 heteroatoms. The second-order valence-corrected chi connectivity index (χ2v) is 5.46. The molecule has 0 spiro atoms. The molecule has 94 valence electrons. The number of nitrogens with zero attached hydrogens (tertiary/aromatic N) is 1. The molecule has 0 unspecified atom stereocenters. The molecule has 1 aliphatic carbocycles. The van der Waals surface area contributed by atoms with E-state index in [-0.39, 0.29) is 11.2 Å². The fourth-order valence-electron chi connectivity index (χ4n) is 2.24. The standard InChI is InChI=1S/C15H18N2O/c1-11-8-15(2,3)9-13(18)12(11)10-17-14-6-4-5-7-16-14/h4-7,10H,1,8-9H2,2-3H3,(H,16,17)/b12-10+. The molecule has 0 aliphatic heterocycles. The minimum atomic E-state index is 0.0243. The molecule has 3 nitrogen and oxygen atoms in total. The van der Waals surface area contributed by atoms with E-state index in [9.17, 15) is 4.79 Å². The molecule has 1 aromatic rings. The van der Waals surface area contributed by atoms with Crippen LogP contribution in [-0.4, -0.2) is 10.8 Å². The first kappa shape index (κ1) is 12.6. The van der Waals surface area contributed by atoms with Crippen LogP contribution in [0.5, 0.6) is 0 Å². The Morgan fingerprint density at radius 1 is 1.39 bits per heavy atom. The zero-order chi connectivity index (χ0) is 13.2. The van der Waals surface area contributed by atoms with Crippen LogP contribution >= 0.6 is 0 Å². The lowest BCUT2D eigenvalue weighted by Crippen LogP contribution is -2.26. The molecule has 1 fully saturated rings. The quantitative estimate of drug-likeness (QED) is 0.809. The molecule has 1 heterocycles. The van der Waals surface area contributed by atoms with Crippen molar-refractivity contribution < 1.29 is 4.79 Å². The Hall–Kier alpha value is -1.90. The second-order valence-electron chi connectivity index (χ2n) is 5.46. The number of carbonyl (C=O) groups is 1. The minimum Gasteiger partial charge on any atom is -0.346 e. The largest absolute Gasteiger partial charge is 0.346 e. The number of hydrogen-bond acceptors (Lipinski definition) is 3. The summed E-state index contributed by atoms with van der Waals surface area (Å²) in [7, 11) is 0. The van der Waals surface area contributed by atoms with Crippen molar-refractivity contribution in [1.29, 1.82) is 0 Å². The number of anilines is 1. The van der Waals surface area contributed by atoms with Crippen LogP contribution in [0.15, 0.2) is 48.3 Å². The highest BCUT2D eigenvalue weighted by atomic mass is 16.1. The van der Waals surface area contributed by atoms with E-state index in [0.717, 1.165) is 17.8 Å². The fourth-order valence-corrected chi connectivity index (χ4v) is 2.24. The number of hydrogen-bond donors (Lipinski definition) is 1. The van der Waals surface area contributed by atoms with Crippen molar-refractivity contribution in [2.24, 2.45) is 5.41 Å². The first-order valence-electron chi connectivity index (χ1n) is 6.07. The van der Waals surface area contributed by atoms with Crippen LogP contribution < -0.4 is 5.32 Å². The lowest BCUT2D eigenvalue weighted by Gasteiger charge is -2.31. The van der Waals surface area contributed by atoms with E-state index >= 15 is 0 Å². The molecule has 0 saturated heterocycles. The normalized spacial score (nSPS) is 21.1. The summed E-state index contributed by atoms with van der Waals surface area (Å²) in [6, 6.07) is 5.61. The van der Waals surface area contributed by atoms with E-state index in [4.69, 9.17) is 0 Å². The lowest BCUT2D eigenvalue weighted by atomic mass is 9.73. The molecule has 0 aromatic carbocycles. The molecule has 0 radical (unpaired) electrons. The third-order valence-corrected chi connectivity index (χ3v) is 3.04. The van der Waals surface area contributed by atoms with E-state index in [2.05, 4.69) is 30.7 Å². The molecule has 0 atom stereocenters. The van der Waals surface area contributed by atoms with Gasteiger partial charge in [0.25, 0.3) is 0 Å². The number of rotatable bonds is 2. The van der Waals surface area contributed by atoms with Gasteiger partial charge >= 0.3 is 0 Å². The second kappa shape index (κ2) is 4.77. The summed E-state index contributed by atoms with van der Waals surface area (Å²) in [4.78, 5) is 16.2. The Labute approximate surface area is 108 Å². The van der Waals surface area contributed by atoms with Crippen LogP contribution in [0.25, 0.3) is 0 Å². The third kappa shape index (κ3) is 2.86. The number of pyridine rings is 1. The number of allylic oxidation sites excluding steroid dienone is 2. The molecule has 18 heavy (non-hydrogen) atoms. The Kier molecular flexibility index (Phi) is 3.32. The monoisotopic (exact) mass is 242 g/mol. The van der Waals surface area contributed by atoms with E-state index in [0.29, 0.717) is 12.0 Å². The highest BCUT2D eigenvalue weighted by Crippen LogP contribution is 2.38. The topological polar surface area (TPSA) is 42.0 Å². The number of Topliss-reactive ketones (excluding diaryl/α,β-unsaturated/α-hetero) is 1. The van der Waals surface area contributed by atoms with Crippen molar-refractivity contribution >= 4 is 11.6 Å². The number of aromatic nitrogens is 1. The number of nitrogens with one attached hydrogen (secondary N) is 1. The van der Waals surface area contributed by atoms with Gasteiger partial charge in [0, 0.05) is 24.4 Å². The average molecular weight is 242 g/mol. The van der Waals surface area contributed by atoms with Gasteiger partial charge in [-0.05, 0) is 29.5 Å². The van der Waals surface area contributed by atoms with E-state index in [1.807, 2.05) is 18.2 Å². The van der Waals surface area contributed by atoms with Gasteiger partial charge in [-0.3, -0.25) is 4.79 Å². The zero-order valence-corrected chi connectivity index (χ0v) is 10.9. The van der Waals surface area contributed by atoms with E-state index in [1.54, 1.807) is 12.4 Å². The number of ketones is 1. The predicted octanol–water partition coefficient (Wildman–Crippen LogP) is 3.32. The first-order chi connectivity index (χ1) is 8.48. The van der Waals surface area contributed by atoms with Crippen LogP contribution in [0.3, 0.4) is 0 Å². The predicted molar refractivity (Wildman–Crippen MR) is 73.1 cm³/mol. The molecule has 2 rings (SSSR count). The van der Waals surface area contributed by atoms with Gasteiger partial charge in [-0.2, -0.15) is 0 Å². The summed E-state index contributed by atoms with van der Waals surface area (Å²) in [5.41, 5.74) is 1.62. The van der Waals surface area contributed by atoms with Crippen LogP contribution in [0.2, 0.25) is 0 Å². The maximum atomic E-state index is 12.1. The SMILES string of the molecule is C=C1CC(C)(C)CC(=O)/C1=C/Nc1ccccn1. The maximum Gasteiger partial charge on any atom is 0.165 e. The van der Waals surface area contributed by atoms with E-state index < -0.39 is 0 Å². The Bertz CT molecular complexity index is 478. The lowest BCUT2D eigenvalue weighted by molar-refractivity contribution is -0.117. The van der Waals surface area contributed by atoms with Gasteiger partial charge < -0.3 is 5.32 Å². The molecule has 1 saturated carbocycles. The molecule has 1 N–H and O–H groups in total. The van der Waals surface area contributed by atoms with Gasteiger partial charge in [0.1, 0.15) is 5.82 Å². The zero-order valence-electron chi connectivity index (χ0n) is 10.9. The van der Waals surface area contributed by atoms with Gasteiger partial charge in [0.05, 0.1) is 0 Å². The highest BCUT2D eigenvalue weighted by molar-refractivity contribution is 6.01. The summed E-state index contributed by atoms with van der Waals surface area (Å²) in [6.07, 6.45) is 4.86. The first-order valence-corrected chi connectivity index (χ1v) is 6.07. The van der Waals surface area contributed by atoms with Crippen molar-refractivity contribution in [3.63, 3.8) is 0 Å². The molecular formula is C15H18N2O. The summed E-state index contributed by atoms with van der Waals surface area (Å²) in [5, 5.41) is 3.05. The van der Waals surface area contributed by atoms with Crippen LogP contribution in [0.4, 0.5) is 5.82 Å². The van der Waals surface area contributed by atoms with Gasteiger partial charge in [-0.15, -0.1) is 0 Å². The number of carbonyl (C=O) groups excluding carboxylic acids is 1. The van der Waals surface area contributed by atoms with Crippen molar-refractivity contribution in [2.45, 2.75) is 26.7 Å². The third-order valence-electron chi connectivity index (χ3n) is 3.04. The average Bonchev–Trinajstić information content (AvgIpc) is 2.27. The molecule has 1 aliphatic rings. The van der Waals surface area contributed by atoms with Gasteiger partial charge in [0.15, 0.2) is 5.78 Å². The van der Waals surface area contributed by atoms with Crippen molar-refractivity contribution in [2.75, 3.05) is 5.32 Å². The molecule has 0 bridgehead atoms. The maximum absolute atomic E-state index is 12.1. The van der Waals surface area contributed by atoms with E-state index in [1.165, 1.54) is 0 Å². The van der Waals surface area contributed by atoms with Crippen molar-refractivity contribution in [1.82, 2.24) is 4.98 Å². The van der Waals surface area contributed by atoms with Crippen LogP contribution in [-0.2, 0) is 4.79 Å². The summed E-state index contributed by atoms with van der Waals surface area (Å²) >= 11 is 0. The molecular weight excluding hydrogens is 224 g/mol. The minimum absolute atomic E-state index is 0.0243. The van der Waals surface area contributed by atoms with Crippen molar-refractivity contribution in [3.05, 3.63) is 48.3 Å².